The minimum atomic E-state index is 0.820. The van der Waals surface area contributed by atoms with Crippen LogP contribution in [0.15, 0.2) is 25.2 Å². The molecule has 0 saturated heterocycles. The molecular formula is C14H26O2. The largest absolute Gasteiger partial charge is 0.502 e. The second-order valence-corrected chi connectivity index (χ2v) is 3.85. The van der Waals surface area contributed by atoms with Crippen LogP contribution in [0.2, 0.25) is 0 Å². The fraction of sp³-hybridized carbons (Fsp3) is 0.714. The third-order valence-corrected chi connectivity index (χ3v) is 2.37. The van der Waals surface area contributed by atoms with Crippen LogP contribution in [0.1, 0.15) is 51.9 Å². The van der Waals surface area contributed by atoms with Crippen LogP contribution in [0.4, 0.5) is 0 Å². The minimum Gasteiger partial charge on any atom is -0.502 e. The Morgan fingerprint density at radius 3 is 1.81 bits per heavy atom. The Balaban J connectivity index is 2.90. The van der Waals surface area contributed by atoms with Crippen molar-refractivity contribution in [2.75, 3.05) is 13.2 Å². The smallest absolute Gasteiger partial charge is 0.0873 e. The molecule has 0 bridgehead atoms. The molecule has 0 saturated carbocycles. The van der Waals surface area contributed by atoms with Gasteiger partial charge in [-0.3, -0.25) is 0 Å². The van der Waals surface area contributed by atoms with Gasteiger partial charge in [0.25, 0.3) is 0 Å². The topological polar surface area (TPSA) is 18.5 Å². The summed E-state index contributed by atoms with van der Waals surface area (Å²) in [4.78, 5) is 0. The van der Waals surface area contributed by atoms with E-state index in [0.717, 1.165) is 19.6 Å². The van der Waals surface area contributed by atoms with E-state index in [2.05, 4.69) is 6.58 Å². The van der Waals surface area contributed by atoms with Crippen LogP contribution in [0.5, 0.6) is 0 Å². The third-order valence-electron chi connectivity index (χ3n) is 2.37. The summed E-state index contributed by atoms with van der Waals surface area (Å²) >= 11 is 0. The van der Waals surface area contributed by atoms with Crippen LogP contribution in [-0.4, -0.2) is 13.2 Å². The van der Waals surface area contributed by atoms with Crippen LogP contribution >= 0.6 is 0 Å². The number of ether oxygens (including phenoxy) is 2. The quantitative estimate of drug-likeness (QED) is 0.362. The van der Waals surface area contributed by atoms with Gasteiger partial charge in [0.2, 0.25) is 0 Å². The molecule has 2 nitrogen and oxygen atoms in total. The van der Waals surface area contributed by atoms with Crippen molar-refractivity contribution in [3.8, 4) is 0 Å². The van der Waals surface area contributed by atoms with Crippen molar-refractivity contribution >= 4 is 0 Å². The predicted octanol–water partition coefficient (Wildman–Crippen LogP) is 4.43. The van der Waals surface area contributed by atoms with Gasteiger partial charge in [0.05, 0.1) is 25.7 Å². The Bertz CT molecular complexity index is 164. The SMILES string of the molecule is C=COCCCCCCCCCOC=CC. The highest BCUT2D eigenvalue weighted by Gasteiger charge is 1.91. The Labute approximate surface area is 100 Å². The van der Waals surface area contributed by atoms with E-state index >= 15 is 0 Å². The molecule has 94 valence electrons. The molecule has 0 spiro atoms. The van der Waals surface area contributed by atoms with Crippen molar-refractivity contribution in [2.24, 2.45) is 0 Å². The highest BCUT2D eigenvalue weighted by molar-refractivity contribution is 4.64. The molecule has 0 aliphatic rings. The highest BCUT2D eigenvalue weighted by Crippen LogP contribution is 2.07. The van der Waals surface area contributed by atoms with Crippen molar-refractivity contribution in [1.82, 2.24) is 0 Å². The van der Waals surface area contributed by atoms with E-state index in [4.69, 9.17) is 9.47 Å². The lowest BCUT2D eigenvalue weighted by Crippen LogP contribution is -1.89. The monoisotopic (exact) mass is 226 g/mol. The molecule has 0 atom stereocenters. The molecule has 0 aromatic carbocycles. The minimum absolute atomic E-state index is 0.820. The fourth-order valence-electron chi connectivity index (χ4n) is 1.50. The summed E-state index contributed by atoms with van der Waals surface area (Å²) < 4.78 is 10.3. The summed E-state index contributed by atoms with van der Waals surface area (Å²) in [6.45, 7) is 7.16. The lowest BCUT2D eigenvalue weighted by atomic mass is 10.1. The number of allylic oxidation sites excluding steroid dienone is 1. The van der Waals surface area contributed by atoms with E-state index in [1.165, 1.54) is 44.8 Å². The van der Waals surface area contributed by atoms with Gasteiger partial charge < -0.3 is 9.47 Å². The van der Waals surface area contributed by atoms with E-state index < -0.39 is 0 Å². The van der Waals surface area contributed by atoms with Gasteiger partial charge in [-0.15, -0.1) is 0 Å². The molecule has 0 radical (unpaired) electrons. The summed E-state index contributed by atoms with van der Waals surface area (Å²) in [5.41, 5.74) is 0. The molecule has 0 heterocycles. The van der Waals surface area contributed by atoms with Crippen LogP contribution in [0.25, 0.3) is 0 Å². The van der Waals surface area contributed by atoms with E-state index in [1.54, 1.807) is 6.26 Å². The van der Waals surface area contributed by atoms with Gasteiger partial charge in [-0.05, 0) is 19.8 Å². The molecule has 2 heteroatoms. The second kappa shape index (κ2) is 14.1. The molecule has 0 unspecified atom stereocenters. The zero-order chi connectivity index (χ0) is 11.9. The summed E-state index contributed by atoms with van der Waals surface area (Å²) in [7, 11) is 0. The van der Waals surface area contributed by atoms with Crippen molar-refractivity contribution in [3.05, 3.63) is 25.2 Å². The first-order chi connectivity index (χ1) is 7.91. The lowest BCUT2D eigenvalue weighted by Gasteiger charge is -2.02. The summed E-state index contributed by atoms with van der Waals surface area (Å²) in [5.74, 6) is 0. The molecular weight excluding hydrogens is 200 g/mol. The Hall–Kier alpha value is -0.920. The predicted molar refractivity (Wildman–Crippen MR) is 69.2 cm³/mol. The van der Waals surface area contributed by atoms with Gasteiger partial charge >= 0.3 is 0 Å². The van der Waals surface area contributed by atoms with E-state index in [1.807, 2.05) is 13.0 Å². The maximum atomic E-state index is 5.25. The first kappa shape index (κ1) is 15.1. The molecule has 0 N–H and O–H groups in total. The molecule has 0 amide bonds. The van der Waals surface area contributed by atoms with Crippen LogP contribution < -0.4 is 0 Å². The van der Waals surface area contributed by atoms with Gasteiger partial charge in [-0.2, -0.15) is 0 Å². The second-order valence-electron chi connectivity index (χ2n) is 3.85. The normalized spacial score (nSPS) is 10.6. The summed E-state index contributed by atoms with van der Waals surface area (Å²) in [6.07, 6.45) is 14.0. The van der Waals surface area contributed by atoms with Crippen molar-refractivity contribution in [2.45, 2.75) is 51.9 Å². The highest BCUT2D eigenvalue weighted by atomic mass is 16.5. The molecule has 0 aromatic rings. The third kappa shape index (κ3) is 13.1. The van der Waals surface area contributed by atoms with E-state index in [9.17, 15) is 0 Å². The zero-order valence-corrected chi connectivity index (χ0v) is 10.6. The zero-order valence-electron chi connectivity index (χ0n) is 10.6. The van der Waals surface area contributed by atoms with Crippen molar-refractivity contribution in [1.29, 1.82) is 0 Å². The maximum Gasteiger partial charge on any atom is 0.0873 e. The van der Waals surface area contributed by atoms with E-state index in [0.29, 0.717) is 0 Å². The van der Waals surface area contributed by atoms with Gasteiger partial charge in [0, 0.05) is 0 Å². The lowest BCUT2D eigenvalue weighted by molar-refractivity contribution is 0.237. The summed E-state index contributed by atoms with van der Waals surface area (Å²) in [6, 6.07) is 0. The number of rotatable bonds is 12. The molecule has 0 rings (SSSR count). The Morgan fingerprint density at radius 1 is 0.812 bits per heavy atom. The number of hydrogen-bond donors (Lipinski definition) is 0. The van der Waals surface area contributed by atoms with Gasteiger partial charge in [0.15, 0.2) is 0 Å². The van der Waals surface area contributed by atoms with Crippen LogP contribution in [0, 0.1) is 0 Å². The Morgan fingerprint density at radius 2 is 1.31 bits per heavy atom. The number of hydrogen-bond acceptors (Lipinski definition) is 2. The molecule has 0 aromatic heterocycles. The molecule has 16 heavy (non-hydrogen) atoms. The fourth-order valence-corrected chi connectivity index (χ4v) is 1.50. The van der Waals surface area contributed by atoms with Crippen molar-refractivity contribution < 1.29 is 9.47 Å². The first-order valence-electron chi connectivity index (χ1n) is 6.37. The molecule has 0 aliphatic heterocycles. The van der Waals surface area contributed by atoms with Gasteiger partial charge in [0.1, 0.15) is 0 Å². The van der Waals surface area contributed by atoms with Gasteiger partial charge in [-0.25, -0.2) is 0 Å². The standard InChI is InChI=1S/C14H26O2/c1-3-12-16-14-11-9-7-5-6-8-10-13-15-4-2/h3-4,12H,2,5-11,13-14H2,1H3. The average molecular weight is 226 g/mol. The maximum absolute atomic E-state index is 5.25. The average Bonchev–Trinajstić information content (AvgIpc) is 2.31. The first-order valence-corrected chi connectivity index (χ1v) is 6.37. The number of unbranched alkanes of at least 4 members (excludes halogenated alkanes) is 6. The van der Waals surface area contributed by atoms with Crippen LogP contribution in [0.3, 0.4) is 0 Å². The molecule has 0 fully saturated rings. The van der Waals surface area contributed by atoms with Crippen LogP contribution in [-0.2, 0) is 9.47 Å². The Kier molecular flexibility index (Phi) is 13.3. The van der Waals surface area contributed by atoms with E-state index in [-0.39, 0.29) is 0 Å². The van der Waals surface area contributed by atoms with Gasteiger partial charge in [-0.1, -0.05) is 44.8 Å². The summed E-state index contributed by atoms with van der Waals surface area (Å²) in [5, 5.41) is 0. The van der Waals surface area contributed by atoms with Crippen molar-refractivity contribution in [3.63, 3.8) is 0 Å². The molecule has 0 aliphatic carbocycles.